The van der Waals surface area contributed by atoms with Crippen LogP contribution in [0.25, 0.3) is 0 Å². The van der Waals surface area contributed by atoms with Crippen molar-refractivity contribution in [2.75, 3.05) is 40.4 Å². The molecule has 1 fully saturated rings. The van der Waals surface area contributed by atoms with Crippen LogP contribution in [0.3, 0.4) is 0 Å². The molecule has 168 valence electrons. The van der Waals surface area contributed by atoms with Crippen LogP contribution in [0.5, 0.6) is 5.75 Å². The number of hydrogen-bond acceptors (Lipinski definition) is 7. The molecule has 1 saturated heterocycles. The highest BCUT2D eigenvalue weighted by Crippen LogP contribution is 2.19. The van der Waals surface area contributed by atoms with E-state index in [9.17, 15) is 9.90 Å². The summed E-state index contributed by atoms with van der Waals surface area (Å²) in [5, 5.41) is 10.3. The van der Waals surface area contributed by atoms with Gasteiger partial charge in [-0.05, 0) is 62.3 Å². The van der Waals surface area contributed by atoms with Crippen LogP contribution in [-0.2, 0) is 22.6 Å². The number of rotatable bonds is 10. The van der Waals surface area contributed by atoms with E-state index >= 15 is 0 Å². The number of aliphatic hydroxyl groups excluding tert-OH is 1. The highest BCUT2D eigenvalue weighted by Gasteiger charge is 2.26. The molecule has 0 bridgehead atoms. The second kappa shape index (κ2) is 11.8. The third-order valence-corrected chi connectivity index (χ3v) is 5.58. The average molecular weight is 428 g/mol. The number of likely N-dealkylation sites (tertiary alicyclic amines) is 1. The maximum Gasteiger partial charge on any atom is 0.308 e. The lowest BCUT2D eigenvalue weighted by atomic mass is 9.97. The molecule has 7 heteroatoms. The van der Waals surface area contributed by atoms with E-state index in [1.807, 2.05) is 24.4 Å². The maximum atomic E-state index is 11.6. The van der Waals surface area contributed by atoms with Gasteiger partial charge in [-0.15, -0.1) is 0 Å². The molecule has 1 aromatic heterocycles. The number of ether oxygens (including phenoxy) is 2. The Bertz CT molecular complexity index is 792. The first-order valence-electron chi connectivity index (χ1n) is 10.8. The minimum atomic E-state index is -0.569. The van der Waals surface area contributed by atoms with Gasteiger partial charge in [0.25, 0.3) is 0 Å². The Hall–Kier alpha value is -2.48. The molecule has 31 heavy (non-hydrogen) atoms. The van der Waals surface area contributed by atoms with Gasteiger partial charge in [-0.1, -0.05) is 18.2 Å². The molecule has 3 rings (SSSR count). The minimum absolute atomic E-state index is 0.0171. The Morgan fingerprint density at radius 3 is 2.55 bits per heavy atom. The molecule has 1 aliphatic heterocycles. The number of benzene rings is 1. The number of methoxy groups -OCH3 is 1. The second-order valence-corrected chi connectivity index (χ2v) is 8.24. The van der Waals surface area contributed by atoms with Crippen molar-refractivity contribution in [1.29, 1.82) is 0 Å². The number of pyridine rings is 1. The van der Waals surface area contributed by atoms with E-state index in [0.717, 1.165) is 44.8 Å². The van der Waals surface area contributed by atoms with Crippen LogP contribution in [0, 0.1) is 5.92 Å². The summed E-state index contributed by atoms with van der Waals surface area (Å²) in [6, 6.07) is 12.0. The van der Waals surface area contributed by atoms with Gasteiger partial charge < -0.3 is 19.5 Å². The lowest BCUT2D eigenvalue weighted by Gasteiger charge is -2.31. The largest absolute Gasteiger partial charge is 0.491 e. The van der Waals surface area contributed by atoms with E-state index in [-0.39, 0.29) is 18.5 Å². The molecule has 1 N–H and O–H groups in total. The van der Waals surface area contributed by atoms with E-state index in [1.165, 1.54) is 18.2 Å². The quantitative estimate of drug-likeness (QED) is 0.583. The first kappa shape index (κ1) is 23.2. The topological polar surface area (TPSA) is 75.1 Å². The van der Waals surface area contributed by atoms with Crippen molar-refractivity contribution in [3.05, 3.63) is 59.9 Å². The standard InChI is InChI=1S/C24H33N3O4/c1-26(16-20-4-3-11-25-14-20)15-19-5-7-23(8-6-19)31-18-22(28)17-27-12-9-21(10-13-27)24(29)30-2/h3-8,11,14,21-22,28H,9-10,12-13,15-18H2,1-2H3. The second-order valence-electron chi connectivity index (χ2n) is 8.24. The van der Waals surface area contributed by atoms with Crippen LogP contribution in [0.15, 0.2) is 48.8 Å². The van der Waals surface area contributed by atoms with Crippen molar-refractivity contribution in [3.8, 4) is 5.75 Å². The monoisotopic (exact) mass is 427 g/mol. The summed E-state index contributed by atoms with van der Waals surface area (Å²) >= 11 is 0. The third kappa shape index (κ3) is 7.61. The zero-order chi connectivity index (χ0) is 22.1. The maximum absolute atomic E-state index is 11.6. The predicted molar refractivity (Wildman–Crippen MR) is 119 cm³/mol. The lowest BCUT2D eigenvalue weighted by molar-refractivity contribution is -0.147. The van der Waals surface area contributed by atoms with Gasteiger partial charge in [-0.25, -0.2) is 0 Å². The van der Waals surface area contributed by atoms with Crippen molar-refractivity contribution in [2.45, 2.75) is 32.0 Å². The van der Waals surface area contributed by atoms with Crippen LogP contribution in [0.1, 0.15) is 24.0 Å². The number of hydrogen-bond donors (Lipinski definition) is 1. The molecule has 2 aromatic rings. The number of piperidine rings is 1. The van der Waals surface area contributed by atoms with E-state index in [0.29, 0.717) is 6.54 Å². The van der Waals surface area contributed by atoms with E-state index in [2.05, 4.69) is 40.0 Å². The minimum Gasteiger partial charge on any atom is -0.491 e. The number of carbonyl (C=O) groups excluding carboxylic acids is 1. The summed E-state index contributed by atoms with van der Waals surface area (Å²) < 4.78 is 10.6. The van der Waals surface area contributed by atoms with Crippen molar-refractivity contribution in [3.63, 3.8) is 0 Å². The molecule has 2 heterocycles. The molecule has 1 aromatic carbocycles. The summed E-state index contributed by atoms with van der Waals surface area (Å²) in [4.78, 5) is 20.2. The zero-order valence-corrected chi connectivity index (χ0v) is 18.4. The van der Waals surface area contributed by atoms with Crippen LogP contribution in [0.4, 0.5) is 0 Å². The highest BCUT2D eigenvalue weighted by molar-refractivity contribution is 5.72. The Morgan fingerprint density at radius 1 is 1.19 bits per heavy atom. The molecule has 0 spiro atoms. The van der Waals surface area contributed by atoms with Crippen LogP contribution in [-0.4, -0.2) is 72.4 Å². The van der Waals surface area contributed by atoms with Gasteiger partial charge in [0.1, 0.15) is 18.5 Å². The van der Waals surface area contributed by atoms with Crippen molar-refractivity contribution in [2.24, 2.45) is 5.92 Å². The number of nitrogens with zero attached hydrogens (tertiary/aromatic N) is 3. The molecule has 1 atom stereocenters. The van der Waals surface area contributed by atoms with Gasteiger partial charge >= 0.3 is 5.97 Å². The molecule has 0 saturated carbocycles. The van der Waals surface area contributed by atoms with Crippen LogP contribution in [0.2, 0.25) is 0 Å². The molecule has 1 aliphatic rings. The first-order chi connectivity index (χ1) is 15.0. The SMILES string of the molecule is COC(=O)C1CCN(CC(O)COc2ccc(CN(C)Cc3cccnc3)cc2)CC1. The van der Waals surface area contributed by atoms with Gasteiger partial charge in [0.2, 0.25) is 0 Å². The van der Waals surface area contributed by atoms with Gasteiger partial charge in [0, 0.05) is 32.0 Å². The molecule has 7 nitrogen and oxygen atoms in total. The summed E-state index contributed by atoms with van der Waals surface area (Å²) in [6.45, 7) is 4.05. The molecular formula is C24H33N3O4. The molecule has 0 aliphatic carbocycles. The molecule has 1 unspecified atom stereocenters. The summed E-state index contributed by atoms with van der Waals surface area (Å²) in [5.74, 6) is 0.605. The van der Waals surface area contributed by atoms with Gasteiger partial charge in [-0.3, -0.25) is 14.7 Å². The number of esters is 1. The number of aliphatic hydroxyl groups is 1. The number of carbonyl (C=O) groups is 1. The lowest BCUT2D eigenvalue weighted by Crippen LogP contribution is -2.42. The fourth-order valence-electron chi connectivity index (χ4n) is 3.92. The fraction of sp³-hybridized carbons (Fsp3) is 0.500. The first-order valence-corrected chi connectivity index (χ1v) is 10.8. The smallest absolute Gasteiger partial charge is 0.308 e. The Balaban J connectivity index is 1.36. The summed E-state index contributed by atoms with van der Waals surface area (Å²) in [7, 11) is 3.52. The van der Waals surface area contributed by atoms with Gasteiger partial charge in [0.05, 0.1) is 13.0 Å². The van der Waals surface area contributed by atoms with Gasteiger partial charge in [-0.2, -0.15) is 0 Å². The molecule has 0 radical (unpaired) electrons. The number of β-amino-alcohol motifs (C(OH)–C–C–N with tert-alkyl or cyclic N) is 1. The predicted octanol–water partition coefficient (Wildman–Crippen LogP) is 2.34. The number of aromatic nitrogens is 1. The summed E-state index contributed by atoms with van der Waals surface area (Å²) in [6.07, 6.45) is 4.65. The summed E-state index contributed by atoms with van der Waals surface area (Å²) in [5.41, 5.74) is 2.39. The highest BCUT2D eigenvalue weighted by atomic mass is 16.5. The van der Waals surface area contributed by atoms with Crippen LogP contribution < -0.4 is 4.74 Å². The van der Waals surface area contributed by atoms with E-state index in [4.69, 9.17) is 9.47 Å². The molecule has 0 amide bonds. The van der Waals surface area contributed by atoms with E-state index < -0.39 is 6.10 Å². The van der Waals surface area contributed by atoms with Crippen LogP contribution >= 0.6 is 0 Å². The van der Waals surface area contributed by atoms with Crippen molar-refractivity contribution >= 4 is 5.97 Å². The third-order valence-electron chi connectivity index (χ3n) is 5.58. The van der Waals surface area contributed by atoms with Crippen molar-refractivity contribution < 1.29 is 19.4 Å². The Labute approximate surface area is 184 Å². The van der Waals surface area contributed by atoms with Crippen molar-refractivity contribution in [1.82, 2.24) is 14.8 Å². The average Bonchev–Trinajstić information content (AvgIpc) is 2.79. The Morgan fingerprint density at radius 2 is 1.90 bits per heavy atom. The molecular weight excluding hydrogens is 394 g/mol. The van der Waals surface area contributed by atoms with E-state index in [1.54, 1.807) is 6.20 Å². The Kier molecular flexibility index (Phi) is 8.82. The van der Waals surface area contributed by atoms with Gasteiger partial charge in [0.15, 0.2) is 0 Å². The normalized spacial score (nSPS) is 16.3. The fourth-order valence-corrected chi connectivity index (χ4v) is 3.92. The zero-order valence-electron chi connectivity index (χ0n) is 18.4.